The fourth-order valence-electron chi connectivity index (χ4n) is 2.26. The van der Waals surface area contributed by atoms with E-state index < -0.39 is 0 Å². The molecule has 1 saturated carbocycles. The Balaban J connectivity index is 1.90. The molecule has 0 amide bonds. The first kappa shape index (κ1) is 13.3. The molecule has 1 aromatic carbocycles. The molecule has 17 heavy (non-hydrogen) atoms. The second kappa shape index (κ2) is 6.67. The third kappa shape index (κ3) is 3.90. The molecule has 0 bridgehead atoms. The van der Waals surface area contributed by atoms with E-state index in [0.717, 1.165) is 23.6 Å². The van der Waals surface area contributed by atoms with Crippen LogP contribution in [-0.4, -0.2) is 16.5 Å². The van der Waals surface area contributed by atoms with Crippen molar-refractivity contribution in [3.63, 3.8) is 0 Å². The van der Waals surface area contributed by atoms with Gasteiger partial charge in [-0.15, -0.1) is 0 Å². The van der Waals surface area contributed by atoms with Gasteiger partial charge in [0.2, 0.25) is 0 Å². The molecule has 2 atom stereocenters. The lowest BCUT2D eigenvalue weighted by molar-refractivity contribution is 0.163. The first-order chi connectivity index (χ1) is 8.27. The standard InChI is InChI=1S/C14H19ClOS/c15-12-7-5-4-6-11(12)10-17-14-9-3-1-2-8-13(14)16/h4-7,13-14,16H,1-3,8-10H2. The lowest BCUT2D eigenvalue weighted by Crippen LogP contribution is -2.21. The van der Waals surface area contributed by atoms with Crippen LogP contribution in [0, 0.1) is 0 Å². The number of halogens is 1. The van der Waals surface area contributed by atoms with E-state index in [1.807, 2.05) is 30.0 Å². The second-order valence-electron chi connectivity index (χ2n) is 4.65. The maximum atomic E-state index is 10.0. The monoisotopic (exact) mass is 270 g/mol. The van der Waals surface area contributed by atoms with Crippen molar-refractivity contribution in [2.24, 2.45) is 0 Å². The first-order valence-electron chi connectivity index (χ1n) is 6.30. The minimum absolute atomic E-state index is 0.134. The van der Waals surface area contributed by atoms with E-state index in [1.165, 1.54) is 24.8 Å². The highest BCUT2D eigenvalue weighted by atomic mass is 35.5. The molecule has 2 rings (SSSR count). The molecule has 1 aliphatic rings. The van der Waals surface area contributed by atoms with Crippen LogP contribution in [0.4, 0.5) is 0 Å². The summed E-state index contributed by atoms with van der Waals surface area (Å²) in [7, 11) is 0. The molecule has 0 radical (unpaired) electrons. The molecule has 0 saturated heterocycles. The zero-order chi connectivity index (χ0) is 12.1. The smallest absolute Gasteiger partial charge is 0.0658 e. The van der Waals surface area contributed by atoms with Gasteiger partial charge in [0.1, 0.15) is 0 Å². The quantitative estimate of drug-likeness (QED) is 0.828. The van der Waals surface area contributed by atoms with Gasteiger partial charge < -0.3 is 5.11 Å². The van der Waals surface area contributed by atoms with Crippen LogP contribution in [0.25, 0.3) is 0 Å². The molecule has 1 fully saturated rings. The van der Waals surface area contributed by atoms with E-state index in [9.17, 15) is 5.11 Å². The Bertz CT molecular complexity index is 356. The van der Waals surface area contributed by atoms with Crippen LogP contribution in [0.2, 0.25) is 5.02 Å². The zero-order valence-corrected chi connectivity index (χ0v) is 11.5. The number of hydrogen-bond acceptors (Lipinski definition) is 2. The summed E-state index contributed by atoms with van der Waals surface area (Å²) >= 11 is 7.99. The van der Waals surface area contributed by atoms with Gasteiger partial charge in [0.25, 0.3) is 0 Å². The highest BCUT2D eigenvalue weighted by Gasteiger charge is 2.21. The Morgan fingerprint density at radius 2 is 1.94 bits per heavy atom. The number of benzene rings is 1. The molecule has 2 unspecified atom stereocenters. The predicted octanol–water partition coefficient (Wildman–Crippen LogP) is 4.27. The molecule has 1 aliphatic carbocycles. The minimum atomic E-state index is -0.134. The first-order valence-corrected chi connectivity index (χ1v) is 7.73. The van der Waals surface area contributed by atoms with Crippen LogP contribution in [0.3, 0.4) is 0 Å². The summed E-state index contributed by atoms with van der Waals surface area (Å²) < 4.78 is 0. The van der Waals surface area contributed by atoms with E-state index in [2.05, 4.69) is 6.07 Å². The second-order valence-corrected chi connectivity index (χ2v) is 6.28. The Kier molecular flexibility index (Phi) is 5.20. The predicted molar refractivity (Wildman–Crippen MR) is 75.6 cm³/mol. The van der Waals surface area contributed by atoms with Crippen LogP contribution >= 0.6 is 23.4 Å². The maximum absolute atomic E-state index is 10.0. The summed E-state index contributed by atoms with van der Waals surface area (Å²) in [5.74, 6) is 0.904. The normalized spacial score (nSPS) is 25.5. The van der Waals surface area contributed by atoms with Crippen molar-refractivity contribution >= 4 is 23.4 Å². The van der Waals surface area contributed by atoms with Crippen LogP contribution in [0.5, 0.6) is 0 Å². The van der Waals surface area contributed by atoms with Gasteiger partial charge in [-0.3, -0.25) is 0 Å². The molecule has 0 heterocycles. The Morgan fingerprint density at radius 1 is 1.18 bits per heavy atom. The van der Waals surface area contributed by atoms with E-state index in [-0.39, 0.29) is 6.10 Å². The average molecular weight is 271 g/mol. The van der Waals surface area contributed by atoms with E-state index in [0.29, 0.717) is 5.25 Å². The van der Waals surface area contributed by atoms with Gasteiger partial charge >= 0.3 is 0 Å². The largest absolute Gasteiger partial charge is 0.392 e. The van der Waals surface area contributed by atoms with E-state index >= 15 is 0 Å². The third-order valence-corrected chi connectivity index (χ3v) is 5.15. The summed E-state index contributed by atoms with van der Waals surface area (Å²) in [5, 5.41) is 11.3. The maximum Gasteiger partial charge on any atom is 0.0658 e. The highest BCUT2D eigenvalue weighted by Crippen LogP contribution is 2.31. The third-order valence-electron chi connectivity index (χ3n) is 3.33. The number of aliphatic hydroxyl groups excluding tert-OH is 1. The van der Waals surface area contributed by atoms with Gasteiger partial charge in [0, 0.05) is 16.0 Å². The topological polar surface area (TPSA) is 20.2 Å². The lowest BCUT2D eigenvalue weighted by Gasteiger charge is -2.19. The SMILES string of the molecule is OC1CCCCCC1SCc1ccccc1Cl. The van der Waals surface area contributed by atoms with Crippen molar-refractivity contribution in [2.45, 2.75) is 49.2 Å². The van der Waals surface area contributed by atoms with Crippen LogP contribution in [0.1, 0.15) is 37.7 Å². The fraction of sp³-hybridized carbons (Fsp3) is 0.571. The zero-order valence-electron chi connectivity index (χ0n) is 9.94. The summed E-state index contributed by atoms with van der Waals surface area (Å²) in [6.07, 6.45) is 5.64. The van der Waals surface area contributed by atoms with Gasteiger partial charge in [0.15, 0.2) is 0 Å². The van der Waals surface area contributed by atoms with Crippen molar-refractivity contribution in [1.29, 1.82) is 0 Å². The summed E-state index contributed by atoms with van der Waals surface area (Å²) in [5.41, 5.74) is 1.18. The van der Waals surface area contributed by atoms with Gasteiger partial charge in [-0.2, -0.15) is 11.8 Å². The number of thioether (sulfide) groups is 1. The molecule has 94 valence electrons. The van der Waals surface area contributed by atoms with Gasteiger partial charge in [-0.1, -0.05) is 49.1 Å². The van der Waals surface area contributed by atoms with Gasteiger partial charge in [0.05, 0.1) is 6.10 Å². The molecule has 3 heteroatoms. The van der Waals surface area contributed by atoms with Crippen LogP contribution in [-0.2, 0) is 5.75 Å². The fourth-order valence-corrected chi connectivity index (χ4v) is 3.88. The summed E-state index contributed by atoms with van der Waals surface area (Å²) in [4.78, 5) is 0. The lowest BCUT2D eigenvalue weighted by atomic mass is 10.1. The van der Waals surface area contributed by atoms with Crippen molar-refractivity contribution in [3.8, 4) is 0 Å². The van der Waals surface area contributed by atoms with Crippen molar-refractivity contribution < 1.29 is 5.11 Å². The molecule has 0 aliphatic heterocycles. The van der Waals surface area contributed by atoms with Crippen LogP contribution in [0.15, 0.2) is 24.3 Å². The Morgan fingerprint density at radius 3 is 2.76 bits per heavy atom. The number of rotatable bonds is 3. The molecular formula is C14H19ClOS. The average Bonchev–Trinajstić information content (AvgIpc) is 2.53. The Hall–Kier alpha value is -0.180. The van der Waals surface area contributed by atoms with E-state index in [1.54, 1.807) is 0 Å². The number of aliphatic hydroxyl groups is 1. The molecule has 0 spiro atoms. The van der Waals surface area contributed by atoms with E-state index in [4.69, 9.17) is 11.6 Å². The molecule has 0 aromatic heterocycles. The number of hydrogen-bond donors (Lipinski definition) is 1. The molecular weight excluding hydrogens is 252 g/mol. The molecule has 1 N–H and O–H groups in total. The minimum Gasteiger partial charge on any atom is -0.392 e. The highest BCUT2D eigenvalue weighted by molar-refractivity contribution is 7.99. The summed E-state index contributed by atoms with van der Waals surface area (Å²) in [6.45, 7) is 0. The Labute approximate surface area is 113 Å². The summed E-state index contributed by atoms with van der Waals surface area (Å²) in [6, 6.07) is 7.97. The molecule has 1 aromatic rings. The van der Waals surface area contributed by atoms with Crippen molar-refractivity contribution in [2.75, 3.05) is 0 Å². The van der Waals surface area contributed by atoms with Gasteiger partial charge in [-0.25, -0.2) is 0 Å². The molecule has 1 nitrogen and oxygen atoms in total. The van der Waals surface area contributed by atoms with Gasteiger partial charge in [-0.05, 0) is 24.5 Å². The van der Waals surface area contributed by atoms with Crippen molar-refractivity contribution in [1.82, 2.24) is 0 Å². The van der Waals surface area contributed by atoms with Crippen LogP contribution < -0.4 is 0 Å². The van der Waals surface area contributed by atoms with Crippen molar-refractivity contribution in [3.05, 3.63) is 34.9 Å².